The summed E-state index contributed by atoms with van der Waals surface area (Å²) in [6.45, 7) is 5.36. The highest BCUT2D eigenvalue weighted by Gasteiger charge is 2.31. The SMILES string of the molecule is Cc1cccc(-n2c(SCC(=O)N3CCN(C(=O)c4ccco4)C(C)C3)nnc2-c2ccco2)c1. The van der Waals surface area contributed by atoms with E-state index in [2.05, 4.69) is 10.2 Å². The summed E-state index contributed by atoms with van der Waals surface area (Å²) in [6.07, 6.45) is 3.08. The van der Waals surface area contributed by atoms with Crippen LogP contribution in [0.1, 0.15) is 23.0 Å². The van der Waals surface area contributed by atoms with Gasteiger partial charge in [-0.05, 0) is 55.8 Å². The van der Waals surface area contributed by atoms with Crippen molar-refractivity contribution in [1.82, 2.24) is 24.6 Å². The molecule has 1 aromatic carbocycles. The quantitative estimate of drug-likeness (QED) is 0.377. The minimum absolute atomic E-state index is 0.00899. The molecule has 3 aromatic heterocycles. The van der Waals surface area contributed by atoms with Crippen molar-refractivity contribution in [3.8, 4) is 17.3 Å². The number of furan rings is 2. The highest BCUT2D eigenvalue weighted by Crippen LogP contribution is 2.29. The van der Waals surface area contributed by atoms with Crippen LogP contribution >= 0.6 is 11.8 Å². The molecule has 1 atom stereocenters. The first-order valence-corrected chi connectivity index (χ1v) is 12.3. The van der Waals surface area contributed by atoms with E-state index < -0.39 is 0 Å². The summed E-state index contributed by atoms with van der Waals surface area (Å²) in [6, 6.07) is 14.9. The van der Waals surface area contributed by atoms with Crippen LogP contribution < -0.4 is 0 Å². The smallest absolute Gasteiger partial charge is 0.289 e. The van der Waals surface area contributed by atoms with Gasteiger partial charge in [0.2, 0.25) is 11.7 Å². The normalized spacial score (nSPS) is 16.0. The van der Waals surface area contributed by atoms with Crippen LogP contribution in [0.4, 0.5) is 0 Å². The zero-order valence-electron chi connectivity index (χ0n) is 19.5. The second kappa shape index (κ2) is 9.83. The maximum atomic E-state index is 13.1. The minimum Gasteiger partial charge on any atom is -0.461 e. The first-order chi connectivity index (χ1) is 17.0. The monoisotopic (exact) mass is 491 g/mol. The lowest BCUT2D eigenvalue weighted by Gasteiger charge is -2.39. The molecule has 0 radical (unpaired) electrons. The molecule has 5 rings (SSSR count). The van der Waals surface area contributed by atoms with Crippen LogP contribution in [-0.4, -0.2) is 67.8 Å². The van der Waals surface area contributed by atoms with Gasteiger partial charge in [-0.25, -0.2) is 0 Å². The summed E-state index contributed by atoms with van der Waals surface area (Å²) in [5.41, 5.74) is 2.00. The molecule has 1 fully saturated rings. The molecule has 9 nitrogen and oxygen atoms in total. The Balaban J connectivity index is 1.29. The van der Waals surface area contributed by atoms with Crippen LogP contribution in [0.2, 0.25) is 0 Å². The van der Waals surface area contributed by atoms with Gasteiger partial charge in [-0.15, -0.1) is 10.2 Å². The molecule has 0 saturated carbocycles. The van der Waals surface area contributed by atoms with E-state index in [0.717, 1.165) is 11.3 Å². The zero-order chi connectivity index (χ0) is 24.4. The summed E-state index contributed by atoms with van der Waals surface area (Å²) >= 11 is 1.33. The molecule has 35 heavy (non-hydrogen) atoms. The van der Waals surface area contributed by atoms with E-state index >= 15 is 0 Å². The zero-order valence-corrected chi connectivity index (χ0v) is 20.3. The fraction of sp³-hybridized carbons (Fsp3) is 0.280. The number of benzene rings is 1. The predicted octanol–water partition coefficient (Wildman–Crippen LogP) is 3.89. The van der Waals surface area contributed by atoms with E-state index in [1.165, 1.54) is 18.0 Å². The van der Waals surface area contributed by atoms with Crippen molar-refractivity contribution < 1.29 is 18.4 Å². The number of hydrogen-bond acceptors (Lipinski definition) is 7. The molecule has 0 N–H and O–H groups in total. The summed E-state index contributed by atoms with van der Waals surface area (Å²) in [5, 5.41) is 9.30. The highest BCUT2D eigenvalue weighted by atomic mass is 32.2. The Kier molecular flexibility index (Phi) is 6.45. The topological polar surface area (TPSA) is 97.6 Å². The molecule has 4 heterocycles. The fourth-order valence-corrected chi connectivity index (χ4v) is 5.03. The van der Waals surface area contributed by atoms with Crippen molar-refractivity contribution in [2.75, 3.05) is 25.4 Å². The minimum atomic E-state index is -0.152. The van der Waals surface area contributed by atoms with Gasteiger partial charge in [0.25, 0.3) is 5.91 Å². The molecule has 0 bridgehead atoms. The number of thioether (sulfide) groups is 1. The van der Waals surface area contributed by atoms with Gasteiger partial charge in [-0.3, -0.25) is 14.2 Å². The first-order valence-electron chi connectivity index (χ1n) is 11.3. The van der Waals surface area contributed by atoms with Gasteiger partial charge in [-0.2, -0.15) is 0 Å². The fourth-order valence-electron chi connectivity index (χ4n) is 4.17. The van der Waals surface area contributed by atoms with Gasteiger partial charge < -0.3 is 18.6 Å². The molecular formula is C25H25N5O4S. The van der Waals surface area contributed by atoms with E-state index in [-0.39, 0.29) is 23.6 Å². The van der Waals surface area contributed by atoms with Crippen molar-refractivity contribution in [1.29, 1.82) is 0 Å². The first kappa shape index (κ1) is 23.0. The third-order valence-electron chi connectivity index (χ3n) is 5.93. The number of nitrogens with zero attached hydrogens (tertiary/aromatic N) is 5. The number of aromatic nitrogens is 3. The second-order valence-electron chi connectivity index (χ2n) is 8.41. The Morgan fingerprint density at radius 2 is 1.89 bits per heavy atom. The lowest BCUT2D eigenvalue weighted by Crippen LogP contribution is -2.55. The standard InChI is InChI=1S/C25H25N5O4S/c1-17-6-3-7-19(14-17)30-23(20-8-4-12-33-20)26-27-25(30)35-16-22(31)28-10-11-29(18(2)15-28)24(32)21-9-5-13-34-21/h3-9,12-14,18H,10-11,15-16H2,1-2H3. The molecule has 0 spiro atoms. The third kappa shape index (κ3) is 4.74. The molecule has 0 aliphatic carbocycles. The number of aryl methyl sites for hydroxylation is 1. The Hall–Kier alpha value is -3.79. The van der Waals surface area contributed by atoms with E-state index in [1.807, 2.05) is 48.7 Å². The number of amides is 2. The third-order valence-corrected chi connectivity index (χ3v) is 6.85. The van der Waals surface area contributed by atoms with Gasteiger partial charge in [-0.1, -0.05) is 23.9 Å². The Morgan fingerprint density at radius 3 is 2.60 bits per heavy atom. The van der Waals surface area contributed by atoms with Crippen molar-refractivity contribution >= 4 is 23.6 Å². The van der Waals surface area contributed by atoms with E-state index in [0.29, 0.717) is 42.1 Å². The van der Waals surface area contributed by atoms with Crippen LogP contribution in [0.15, 0.2) is 75.0 Å². The van der Waals surface area contributed by atoms with Crippen LogP contribution in [-0.2, 0) is 4.79 Å². The molecule has 10 heteroatoms. The number of rotatable bonds is 6. The molecule has 1 unspecified atom stereocenters. The van der Waals surface area contributed by atoms with Gasteiger partial charge in [0.05, 0.1) is 24.0 Å². The molecule has 1 aliphatic rings. The van der Waals surface area contributed by atoms with Crippen LogP contribution in [0.3, 0.4) is 0 Å². The molecular weight excluding hydrogens is 466 g/mol. The lowest BCUT2D eigenvalue weighted by atomic mass is 10.1. The van der Waals surface area contributed by atoms with Crippen LogP contribution in [0, 0.1) is 6.92 Å². The molecule has 2 amide bonds. The van der Waals surface area contributed by atoms with E-state index in [4.69, 9.17) is 8.83 Å². The average molecular weight is 492 g/mol. The van der Waals surface area contributed by atoms with E-state index in [9.17, 15) is 9.59 Å². The molecule has 1 aliphatic heterocycles. The van der Waals surface area contributed by atoms with Crippen LogP contribution in [0.5, 0.6) is 0 Å². The van der Waals surface area contributed by atoms with Crippen LogP contribution in [0.25, 0.3) is 17.3 Å². The summed E-state index contributed by atoms with van der Waals surface area (Å²) in [4.78, 5) is 29.3. The number of carbonyl (C=O) groups excluding carboxylic acids is 2. The number of hydrogen-bond donors (Lipinski definition) is 0. The van der Waals surface area contributed by atoms with Crippen molar-refractivity contribution in [3.63, 3.8) is 0 Å². The summed E-state index contributed by atoms with van der Waals surface area (Å²) < 4.78 is 12.7. The number of piperazine rings is 1. The second-order valence-corrected chi connectivity index (χ2v) is 9.35. The average Bonchev–Trinajstić information content (AvgIpc) is 3.63. The molecule has 1 saturated heterocycles. The largest absolute Gasteiger partial charge is 0.461 e. The molecule has 180 valence electrons. The Morgan fingerprint density at radius 1 is 1.06 bits per heavy atom. The maximum absolute atomic E-state index is 13.1. The Bertz CT molecular complexity index is 1320. The summed E-state index contributed by atoms with van der Waals surface area (Å²) in [5.74, 6) is 1.54. The predicted molar refractivity (Wildman–Crippen MR) is 130 cm³/mol. The van der Waals surface area contributed by atoms with Crippen molar-refractivity contribution in [2.24, 2.45) is 0 Å². The van der Waals surface area contributed by atoms with Gasteiger partial charge >= 0.3 is 0 Å². The van der Waals surface area contributed by atoms with Gasteiger partial charge in [0.1, 0.15) is 0 Å². The van der Waals surface area contributed by atoms with Gasteiger partial charge in [0.15, 0.2) is 16.7 Å². The Labute approximate surface area is 206 Å². The van der Waals surface area contributed by atoms with Gasteiger partial charge in [0, 0.05) is 25.7 Å². The van der Waals surface area contributed by atoms with E-state index in [1.54, 1.807) is 34.3 Å². The van der Waals surface area contributed by atoms with Crippen molar-refractivity contribution in [2.45, 2.75) is 25.0 Å². The summed E-state index contributed by atoms with van der Waals surface area (Å²) in [7, 11) is 0. The highest BCUT2D eigenvalue weighted by molar-refractivity contribution is 7.99. The maximum Gasteiger partial charge on any atom is 0.289 e. The number of carbonyl (C=O) groups is 2. The lowest BCUT2D eigenvalue weighted by molar-refractivity contribution is -0.130. The molecule has 4 aromatic rings. The van der Waals surface area contributed by atoms with Crippen molar-refractivity contribution in [3.05, 3.63) is 72.4 Å².